The first-order valence-electron chi connectivity index (χ1n) is 7.24. The van der Waals surface area contributed by atoms with Crippen LogP contribution in [0, 0.1) is 5.92 Å². The predicted octanol–water partition coefficient (Wildman–Crippen LogP) is 0.849. The van der Waals surface area contributed by atoms with E-state index in [0.29, 0.717) is 12.2 Å². The molecule has 22 heavy (non-hydrogen) atoms. The SMILES string of the molecule is CN(C)C(=O)Cn1ccc(NC(=O)C[C@@H]2CCC[C@H]2N)n1.Cl. The van der Waals surface area contributed by atoms with Gasteiger partial charge >= 0.3 is 0 Å². The maximum atomic E-state index is 12.0. The van der Waals surface area contributed by atoms with Crippen molar-refractivity contribution in [2.75, 3.05) is 19.4 Å². The number of carbonyl (C=O) groups is 2. The zero-order valence-electron chi connectivity index (χ0n) is 13.0. The van der Waals surface area contributed by atoms with Gasteiger partial charge in [-0.05, 0) is 18.8 Å². The fourth-order valence-corrected chi connectivity index (χ4v) is 2.55. The van der Waals surface area contributed by atoms with E-state index in [9.17, 15) is 9.59 Å². The number of nitrogens with one attached hydrogen (secondary N) is 1. The predicted molar refractivity (Wildman–Crippen MR) is 86.7 cm³/mol. The maximum absolute atomic E-state index is 12.0. The molecule has 2 rings (SSSR count). The van der Waals surface area contributed by atoms with Crippen molar-refractivity contribution < 1.29 is 9.59 Å². The molecule has 1 aliphatic rings. The zero-order chi connectivity index (χ0) is 15.4. The molecule has 0 aromatic carbocycles. The molecule has 1 saturated carbocycles. The molecule has 1 fully saturated rings. The maximum Gasteiger partial charge on any atom is 0.243 e. The Balaban J connectivity index is 0.00000242. The van der Waals surface area contributed by atoms with E-state index in [1.54, 1.807) is 26.4 Å². The number of rotatable bonds is 5. The second-order valence-electron chi connectivity index (χ2n) is 5.79. The van der Waals surface area contributed by atoms with Crippen LogP contribution in [0.3, 0.4) is 0 Å². The van der Waals surface area contributed by atoms with Gasteiger partial charge in [0.25, 0.3) is 0 Å². The summed E-state index contributed by atoms with van der Waals surface area (Å²) in [5.41, 5.74) is 5.97. The molecule has 2 atom stereocenters. The van der Waals surface area contributed by atoms with Crippen LogP contribution in [0.5, 0.6) is 0 Å². The topological polar surface area (TPSA) is 93.2 Å². The van der Waals surface area contributed by atoms with Gasteiger partial charge < -0.3 is 16.0 Å². The summed E-state index contributed by atoms with van der Waals surface area (Å²) in [7, 11) is 3.39. The minimum absolute atomic E-state index is 0. The lowest BCUT2D eigenvalue weighted by Crippen LogP contribution is -2.28. The van der Waals surface area contributed by atoms with Gasteiger partial charge in [0.1, 0.15) is 6.54 Å². The minimum Gasteiger partial charge on any atom is -0.347 e. The Bertz CT molecular complexity index is 517. The van der Waals surface area contributed by atoms with E-state index in [2.05, 4.69) is 10.4 Å². The monoisotopic (exact) mass is 329 g/mol. The van der Waals surface area contributed by atoms with Crippen molar-refractivity contribution in [2.24, 2.45) is 11.7 Å². The molecule has 0 saturated heterocycles. The number of likely N-dealkylation sites (N-methyl/N-ethyl adjacent to an activating group) is 1. The number of amides is 2. The standard InChI is InChI=1S/C14H23N5O2.ClH/c1-18(2)14(21)9-19-7-6-12(17-19)16-13(20)8-10-4-3-5-11(10)15;/h6-7,10-11H,3-5,8-9,15H2,1-2H3,(H,16,17,20);1H/t10-,11+;/m0./s1. The molecule has 2 amide bonds. The molecular formula is C14H24ClN5O2. The Morgan fingerprint density at radius 3 is 2.77 bits per heavy atom. The van der Waals surface area contributed by atoms with Gasteiger partial charge in [-0.3, -0.25) is 14.3 Å². The van der Waals surface area contributed by atoms with Gasteiger partial charge in [0, 0.05) is 38.8 Å². The molecule has 0 unspecified atom stereocenters. The van der Waals surface area contributed by atoms with Gasteiger partial charge in [0.2, 0.25) is 11.8 Å². The van der Waals surface area contributed by atoms with Crippen LogP contribution in [-0.2, 0) is 16.1 Å². The molecule has 7 nitrogen and oxygen atoms in total. The van der Waals surface area contributed by atoms with E-state index < -0.39 is 0 Å². The highest BCUT2D eigenvalue weighted by molar-refractivity contribution is 5.89. The summed E-state index contributed by atoms with van der Waals surface area (Å²) in [5, 5.41) is 6.93. The van der Waals surface area contributed by atoms with Crippen LogP contribution in [0.15, 0.2) is 12.3 Å². The number of carbonyl (C=O) groups excluding carboxylic acids is 2. The van der Waals surface area contributed by atoms with Crippen LogP contribution in [0.1, 0.15) is 25.7 Å². The third-order valence-electron chi connectivity index (χ3n) is 3.87. The van der Waals surface area contributed by atoms with Gasteiger partial charge in [-0.1, -0.05) is 6.42 Å². The van der Waals surface area contributed by atoms with Gasteiger partial charge in [0.05, 0.1) is 0 Å². The average Bonchev–Trinajstić information content (AvgIpc) is 3.00. The summed E-state index contributed by atoms with van der Waals surface area (Å²) in [6, 6.07) is 1.82. The van der Waals surface area contributed by atoms with Crippen molar-refractivity contribution in [3.63, 3.8) is 0 Å². The average molecular weight is 330 g/mol. The second kappa shape index (κ2) is 8.14. The molecule has 3 N–H and O–H groups in total. The number of nitrogens with two attached hydrogens (primary N) is 1. The lowest BCUT2D eigenvalue weighted by atomic mass is 10.00. The number of hydrogen-bond donors (Lipinski definition) is 2. The lowest BCUT2D eigenvalue weighted by Gasteiger charge is -2.14. The Morgan fingerprint density at radius 1 is 1.45 bits per heavy atom. The smallest absolute Gasteiger partial charge is 0.243 e. The summed E-state index contributed by atoms with van der Waals surface area (Å²) < 4.78 is 1.51. The molecule has 0 aliphatic heterocycles. The second-order valence-corrected chi connectivity index (χ2v) is 5.79. The molecular weight excluding hydrogens is 306 g/mol. The summed E-state index contributed by atoms with van der Waals surface area (Å²) >= 11 is 0. The first kappa shape index (κ1) is 18.4. The zero-order valence-corrected chi connectivity index (χ0v) is 13.8. The number of anilines is 1. The first-order chi connectivity index (χ1) is 9.95. The van der Waals surface area contributed by atoms with Gasteiger partial charge in [0.15, 0.2) is 5.82 Å². The van der Waals surface area contributed by atoms with Crippen molar-refractivity contribution in [2.45, 2.75) is 38.3 Å². The number of halogens is 1. The Morgan fingerprint density at radius 2 is 2.18 bits per heavy atom. The van der Waals surface area contributed by atoms with Crippen molar-refractivity contribution in [3.05, 3.63) is 12.3 Å². The highest BCUT2D eigenvalue weighted by atomic mass is 35.5. The van der Waals surface area contributed by atoms with E-state index in [1.165, 1.54) is 9.58 Å². The Kier molecular flexibility index (Phi) is 6.83. The number of hydrogen-bond acceptors (Lipinski definition) is 4. The third-order valence-corrected chi connectivity index (χ3v) is 3.87. The molecule has 1 aromatic heterocycles. The molecule has 1 heterocycles. The Hall–Kier alpha value is -1.60. The van der Waals surface area contributed by atoms with Crippen LogP contribution in [0.4, 0.5) is 5.82 Å². The van der Waals surface area contributed by atoms with Crippen LogP contribution < -0.4 is 11.1 Å². The molecule has 0 bridgehead atoms. The van der Waals surface area contributed by atoms with E-state index in [0.717, 1.165) is 19.3 Å². The van der Waals surface area contributed by atoms with Crippen molar-refractivity contribution in [1.29, 1.82) is 0 Å². The molecule has 1 aliphatic carbocycles. The summed E-state index contributed by atoms with van der Waals surface area (Å²) in [6.45, 7) is 0.163. The van der Waals surface area contributed by atoms with Crippen LogP contribution in [-0.4, -0.2) is 46.6 Å². The molecule has 0 spiro atoms. The molecule has 0 radical (unpaired) electrons. The molecule has 124 valence electrons. The van der Waals surface area contributed by atoms with Gasteiger partial charge in [-0.2, -0.15) is 5.10 Å². The van der Waals surface area contributed by atoms with Crippen molar-refractivity contribution in [1.82, 2.24) is 14.7 Å². The van der Waals surface area contributed by atoms with E-state index in [4.69, 9.17) is 5.73 Å². The quantitative estimate of drug-likeness (QED) is 0.837. The summed E-state index contributed by atoms with van der Waals surface area (Å²) in [4.78, 5) is 25.0. The van der Waals surface area contributed by atoms with Gasteiger partial charge in [-0.15, -0.1) is 12.4 Å². The van der Waals surface area contributed by atoms with Crippen molar-refractivity contribution >= 4 is 30.0 Å². The largest absolute Gasteiger partial charge is 0.347 e. The van der Waals surface area contributed by atoms with E-state index in [1.807, 2.05) is 0 Å². The normalized spacial score (nSPS) is 20.3. The highest BCUT2D eigenvalue weighted by Crippen LogP contribution is 2.26. The fourth-order valence-electron chi connectivity index (χ4n) is 2.55. The van der Waals surface area contributed by atoms with E-state index >= 15 is 0 Å². The third kappa shape index (κ3) is 4.99. The van der Waals surface area contributed by atoms with E-state index in [-0.39, 0.29) is 42.7 Å². The first-order valence-corrected chi connectivity index (χ1v) is 7.24. The fraction of sp³-hybridized carbons (Fsp3) is 0.643. The van der Waals surface area contributed by atoms with Crippen LogP contribution in [0.2, 0.25) is 0 Å². The van der Waals surface area contributed by atoms with Crippen LogP contribution in [0.25, 0.3) is 0 Å². The lowest BCUT2D eigenvalue weighted by molar-refractivity contribution is -0.129. The molecule has 8 heteroatoms. The van der Waals surface area contributed by atoms with Crippen molar-refractivity contribution in [3.8, 4) is 0 Å². The number of aromatic nitrogens is 2. The summed E-state index contributed by atoms with van der Waals surface area (Å²) in [5.74, 6) is 0.620. The summed E-state index contributed by atoms with van der Waals surface area (Å²) in [6.07, 6.45) is 5.23. The Labute approximate surface area is 136 Å². The van der Waals surface area contributed by atoms with Crippen LogP contribution >= 0.6 is 12.4 Å². The number of nitrogens with zero attached hydrogens (tertiary/aromatic N) is 3. The van der Waals surface area contributed by atoms with Gasteiger partial charge in [-0.25, -0.2) is 0 Å². The highest BCUT2D eigenvalue weighted by Gasteiger charge is 2.26. The molecule has 1 aromatic rings. The minimum atomic E-state index is -0.0680.